The van der Waals surface area contributed by atoms with E-state index in [-0.39, 0.29) is 5.29 Å². The number of ether oxygens (including phenoxy) is 5. The molecule has 0 N–H and O–H groups in total. The van der Waals surface area contributed by atoms with Crippen LogP contribution in [0.25, 0.3) is 0 Å². The molecule has 2 unspecified atom stereocenters. The average molecular weight is 392 g/mol. The van der Waals surface area contributed by atoms with Crippen LogP contribution in [0.4, 0.5) is 0 Å². The molecule has 0 aromatic heterocycles. The minimum absolute atomic E-state index is 0.331. The topological polar surface area (TPSA) is 124 Å². The van der Waals surface area contributed by atoms with Gasteiger partial charge >= 0.3 is 23.9 Å². The second kappa shape index (κ2) is 8.03. The smallest absolute Gasteiger partial charge is 0.350 e. The molecule has 0 aliphatic carbocycles. The van der Waals surface area contributed by atoms with E-state index in [1.165, 1.54) is 13.8 Å². The van der Waals surface area contributed by atoms with Crippen LogP contribution in [0.5, 0.6) is 0 Å². The predicted octanol–water partition coefficient (Wildman–Crippen LogP) is -0.287. The van der Waals surface area contributed by atoms with Gasteiger partial charge < -0.3 is 28.2 Å². The summed E-state index contributed by atoms with van der Waals surface area (Å²) in [5.74, 6) is -4.16. The maximum Gasteiger partial charge on any atom is 0.350 e. The van der Waals surface area contributed by atoms with Gasteiger partial charge in [-0.05, 0) is 6.66 Å². The Balaban J connectivity index is 4.24. The van der Waals surface area contributed by atoms with Gasteiger partial charge in [-0.25, -0.2) is 19.2 Å². The van der Waals surface area contributed by atoms with Crippen molar-refractivity contribution in [1.82, 2.24) is 0 Å². The molecule has 1 aliphatic rings. The van der Waals surface area contributed by atoms with Crippen LogP contribution >= 0.6 is 7.11 Å². The summed E-state index contributed by atoms with van der Waals surface area (Å²) in [7, 11) is 3.08. The first kappa shape index (κ1) is 21.9. The maximum absolute atomic E-state index is 12.7. The number of carbonyl (C=O) groups is 4. The lowest BCUT2D eigenvalue weighted by atomic mass is 9.99. The number of hydrogen-bond acceptors (Lipinski definition) is 10. The van der Waals surface area contributed by atoms with Crippen molar-refractivity contribution in [3.63, 3.8) is 0 Å². The van der Waals surface area contributed by atoms with E-state index in [1.807, 2.05) is 0 Å². The van der Waals surface area contributed by atoms with E-state index in [1.54, 1.807) is 0 Å². The van der Waals surface area contributed by atoms with Gasteiger partial charge in [0.15, 0.2) is 0 Å². The molecule has 26 heavy (non-hydrogen) atoms. The van der Waals surface area contributed by atoms with E-state index in [0.29, 0.717) is 0 Å². The first-order valence-corrected chi connectivity index (χ1v) is 9.27. The largest absolute Gasteiger partial charge is 0.466 e. The molecular formula is C15H21O10P. The fourth-order valence-electron chi connectivity index (χ4n) is 2.88. The summed E-state index contributed by atoms with van der Waals surface area (Å²) in [6.07, 6.45) is 0. The third-order valence-electron chi connectivity index (χ3n) is 4.13. The zero-order valence-electron chi connectivity index (χ0n) is 15.5. The van der Waals surface area contributed by atoms with Gasteiger partial charge in [-0.3, -0.25) is 0 Å². The highest BCUT2D eigenvalue weighted by atomic mass is 31.2. The molecule has 0 saturated heterocycles. The third-order valence-corrected chi connectivity index (χ3v) is 7.91. The molecule has 2 atom stereocenters. The zero-order valence-corrected chi connectivity index (χ0v) is 16.4. The van der Waals surface area contributed by atoms with Gasteiger partial charge in [-0.2, -0.15) is 0 Å². The molecule has 0 spiro atoms. The van der Waals surface area contributed by atoms with Crippen LogP contribution in [-0.4, -0.2) is 83.8 Å². The molecule has 1 aliphatic heterocycles. The van der Waals surface area contributed by atoms with Crippen LogP contribution in [0.3, 0.4) is 0 Å². The maximum atomic E-state index is 12.7. The van der Waals surface area contributed by atoms with Crippen LogP contribution in [0, 0.1) is 0 Å². The summed E-state index contributed by atoms with van der Waals surface area (Å²) in [6, 6.07) is 0. The number of carbonyl (C=O) groups excluding carboxylic acids is 4. The lowest BCUT2D eigenvalue weighted by Crippen LogP contribution is -2.45. The minimum atomic E-state index is -3.47. The summed E-state index contributed by atoms with van der Waals surface area (Å²) in [4.78, 5) is 50.2. The van der Waals surface area contributed by atoms with E-state index in [9.17, 15) is 19.2 Å². The van der Waals surface area contributed by atoms with Crippen molar-refractivity contribution in [3.8, 4) is 0 Å². The minimum Gasteiger partial charge on any atom is -0.466 e. The van der Waals surface area contributed by atoms with Crippen molar-refractivity contribution >= 4 is 36.3 Å². The molecule has 0 radical (unpaired) electrons. The van der Waals surface area contributed by atoms with E-state index in [2.05, 4.69) is 0 Å². The van der Waals surface area contributed by atoms with Crippen molar-refractivity contribution in [1.29, 1.82) is 0 Å². The van der Waals surface area contributed by atoms with Crippen molar-refractivity contribution in [2.24, 2.45) is 0 Å². The van der Waals surface area contributed by atoms with Crippen LogP contribution in [0.2, 0.25) is 0 Å². The summed E-state index contributed by atoms with van der Waals surface area (Å²) < 4.78 is 29.8. The van der Waals surface area contributed by atoms with Gasteiger partial charge in [-0.1, -0.05) is 0 Å². The Labute approximate surface area is 150 Å². The lowest BCUT2D eigenvalue weighted by Gasteiger charge is -2.36. The van der Waals surface area contributed by atoms with Crippen LogP contribution < -0.4 is 0 Å². The first-order valence-electron chi connectivity index (χ1n) is 7.11. The Morgan fingerprint density at radius 1 is 0.769 bits per heavy atom. The van der Waals surface area contributed by atoms with E-state index in [4.69, 9.17) is 28.2 Å². The van der Waals surface area contributed by atoms with Gasteiger partial charge in [-0.15, -0.1) is 0 Å². The van der Waals surface area contributed by atoms with Crippen LogP contribution in [0.1, 0.15) is 0 Å². The highest BCUT2D eigenvalue weighted by molar-refractivity contribution is 7.76. The third kappa shape index (κ3) is 2.74. The van der Waals surface area contributed by atoms with E-state index < -0.39 is 47.5 Å². The second-order valence-electron chi connectivity index (χ2n) is 5.02. The fraction of sp³-hybridized carbons (Fsp3) is 0.533. The molecule has 0 fully saturated rings. The average Bonchev–Trinajstić information content (AvgIpc) is 2.91. The van der Waals surface area contributed by atoms with Gasteiger partial charge in [0, 0.05) is 14.2 Å². The van der Waals surface area contributed by atoms with Crippen LogP contribution in [0.15, 0.2) is 11.1 Å². The van der Waals surface area contributed by atoms with Crippen molar-refractivity contribution in [2.45, 2.75) is 5.34 Å². The molecule has 1 rings (SSSR count). The molecule has 0 aromatic carbocycles. The Morgan fingerprint density at radius 2 is 1.27 bits per heavy atom. The van der Waals surface area contributed by atoms with Crippen molar-refractivity contribution in [2.75, 3.05) is 49.3 Å². The highest BCUT2D eigenvalue weighted by Crippen LogP contribution is 2.67. The van der Waals surface area contributed by atoms with Gasteiger partial charge in [0.1, 0.15) is 5.57 Å². The number of rotatable bonds is 6. The molecule has 0 aromatic rings. The molecule has 0 amide bonds. The highest BCUT2D eigenvalue weighted by Gasteiger charge is 2.65. The monoisotopic (exact) mass is 392 g/mol. The molecular weight excluding hydrogens is 371 g/mol. The van der Waals surface area contributed by atoms with Gasteiger partial charge in [0.05, 0.1) is 46.4 Å². The van der Waals surface area contributed by atoms with Gasteiger partial charge in [0.2, 0.25) is 5.34 Å². The van der Waals surface area contributed by atoms with E-state index >= 15 is 0 Å². The summed E-state index contributed by atoms with van der Waals surface area (Å²) in [5, 5.41) is -2.54. The van der Waals surface area contributed by atoms with Crippen molar-refractivity contribution in [3.05, 3.63) is 11.1 Å². The molecule has 10 nitrogen and oxygen atoms in total. The SMILES string of the molecule is COC(=O)C1=C(C(=O)OC)C(OC)(C(=O)OC)P(C)(OC)=C1C(=O)OC. The first-order chi connectivity index (χ1) is 12.2. The molecule has 0 saturated carbocycles. The standard InChI is InChI=1S/C15H21O10P/c1-20-11(16)8-9(12(17)21-2)15(24-5,14(19)23-4)26(7,25-6)10(8)13(18)22-3/h1-7H3. The summed E-state index contributed by atoms with van der Waals surface area (Å²) in [6.45, 7) is 1.39. The lowest BCUT2D eigenvalue weighted by molar-refractivity contribution is -0.157. The Kier molecular flexibility index (Phi) is 6.76. The zero-order chi connectivity index (χ0) is 20.3. The number of esters is 4. The normalized spacial score (nSPS) is 25.0. The molecule has 1 heterocycles. The fourth-order valence-corrected chi connectivity index (χ4v) is 6.12. The molecule has 146 valence electrons. The molecule has 0 bridgehead atoms. The van der Waals surface area contributed by atoms with Crippen LogP contribution in [-0.2, 0) is 47.4 Å². The Bertz CT molecular complexity index is 735. The quantitative estimate of drug-likeness (QED) is 0.338. The number of hydrogen-bond donors (Lipinski definition) is 0. The Hall–Kier alpha value is -2.16. The van der Waals surface area contributed by atoms with Crippen molar-refractivity contribution < 1.29 is 47.4 Å². The summed E-state index contributed by atoms with van der Waals surface area (Å²) >= 11 is 0. The number of methoxy groups -OCH3 is 5. The molecule has 11 heteroatoms. The second-order valence-corrected chi connectivity index (χ2v) is 8.31. The van der Waals surface area contributed by atoms with Gasteiger partial charge in [0.25, 0.3) is 0 Å². The Morgan fingerprint density at radius 3 is 1.62 bits per heavy atom. The summed E-state index contributed by atoms with van der Waals surface area (Å²) in [5.41, 5.74) is -1.05. The van der Waals surface area contributed by atoms with E-state index in [0.717, 1.165) is 35.5 Å². The predicted molar refractivity (Wildman–Crippen MR) is 89.7 cm³/mol.